The third-order valence-electron chi connectivity index (χ3n) is 3.96. The van der Waals surface area contributed by atoms with Crippen LogP contribution in [0, 0.1) is 11.6 Å². The van der Waals surface area contributed by atoms with E-state index in [0.717, 1.165) is 43.4 Å². The van der Waals surface area contributed by atoms with E-state index in [0.29, 0.717) is 24.5 Å². The molecule has 25 heavy (non-hydrogen) atoms. The van der Waals surface area contributed by atoms with Gasteiger partial charge in [0.05, 0.1) is 0 Å². The van der Waals surface area contributed by atoms with Crippen LogP contribution in [0.5, 0.6) is 0 Å². The van der Waals surface area contributed by atoms with Crippen molar-refractivity contribution in [3.63, 3.8) is 0 Å². The quantitative estimate of drug-likeness (QED) is 0.417. The summed E-state index contributed by atoms with van der Waals surface area (Å²) >= 11 is 1.62. The summed E-state index contributed by atoms with van der Waals surface area (Å²) in [6.07, 6.45) is 2.12. The van der Waals surface area contributed by atoms with Crippen molar-refractivity contribution < 1.29 is 8.78 Å². The van der Waals surface area contributed by atoms with Crippen LogP contribution in [0.1, 0.15) is 5.56 Å². The fourth-order valence-corrected chi connectivity index (χ4v) is 3.32. The topological polar surface area (TPSA) is 57.8 Å². The van der Waals surface area contributed by atoms with Crippen LogP contribution >= 0.6 is 35.3 Å². The van der Waals surface area contributed by atoms with Crippen LogP contribution in [0.25, 0.3) is 0 Å². The molecule has 0 spiro atoms. The van der Waals surface area contributed by atoms with Crippen molar-refractivity contribution in [2.45, 2.75) is 6.42 Å². The Bertz CT molecular complexity index is 703. The van der Waals surface area contributed by atoms with E-state index in [1.165, 1.54) is 6.07 Å². The highest BCUT2D eigenvalue weighted by atomic mass is 127. The molecule has 9 heteroatoms. The van der Waals surface area contributed by atoms with Crippen molar-refractivity contribution in [3.05, 3.63) is 47.0 Å². The van der Waals surface area contributed by atoms with Crippen LogP contribution in [0.2, 0.25) is 0 Å². The number of rotatable bonds is 4. The van der Waals surface area contributed by atoms with Gasteiger partial charge in [0.15, 0.2) is 11.1 Å². The second-order valence-electron chi connectivity index (χ2n) is 5.51. The number of thiazole rings is 1. The van der Waals surface area contributed by atoms with Crippen molar-refractivity contribution in [3.8, 4) is 0 Å². The Balaban J connectivity index is 0.00000225. The second-order valence-corrected chi connectivity index (χ2v) is 6.39. The molecule has 1 aromatic carbocycles. The minimum atomic E-state index is -0.443. The lowest BCUT2D eigenvalue weighted by atomic mass is 10.1. The third kappa shape index (κ3) is 5.24. The molecule has 1 aliphatic rings. The van der Waals surface area contributed by atoms with Gasteiger partial charge in [0.2, 0.25) is 0 Å². The Morgan fingerprint density at radius 2 is 2.00 bits per heavy atom. The van der Waals surface area contributed by atoms with Gasteiger partial charge in [-0.1, -0.05) is 0 Å². The molecule has 0 atom stereocenters. The summed E-state index contributed by atoms with van der Waals surface area (Å²) in [6.45, 7) is 3.54. The monoisotopic (exact) mass is 479 g/mol. The first-order valence-corrected chi connectivity index (χ1v) is 8.64. The molecule has 0 aliphatic carbocycles. The Hall–Kier alpha value is -1.49. The average molecular weight is 479 g/mol. The molecule has 1 saturated heterocycles. The van der Waals surface area contributed by atoms with Crippen LogP contribution in [-0.2, 0) is 6.42 Å². The van der Waals surface area contributed by atoms with Crippen LogP contribution in [0.15, 0.2) is 34.8 Å². The molecule has 0 saturated carbocycles. The van der Waals surface area contributed by atoms with E-state index >= 15 is 0 Å². The van der Waals surface area contributed by atoms with Crippen LogP contribution in [0.4, 0.5) is 13.9 Å². The first-order valence-electron chi connectivity index (χ1n) is 7.77. The maximum Gasteiger partial charge on any atom is 0.191 e. The number of piperazine rings is 1. The Kier molecular flexibility index (Phi) is 7.36. The van der Waals surface area contributed by atoms with E-state index in [2.05, 4.69) is 14.9 Å². The molecule has 1 fully saturated rings. The minimum absolute atomic E-state index is 0. The smallest absolute Gasteiger partial charge is 0.191 e. The summed E-state index contributed by atoms with van der Waals surface area (Å²) in [7, 11) is 0. The molecule has 3 rings (SSSR count). The summed E-state index contributed by atoms with van der Waals surface area (Å²) < 4.78 is 26.7. The highest BCUT2D eigenvalue weighted by Gasteiger charge is 2.19. The molecule has 0 bridgehead atoms. The molecule has 2 heterocycles. The number of hydrogen-bond acceptors (Lipinski definition) is 4. The van der Waals surface area contributed by atoms with Gasteiger partial charge in [0.25, 0.3) is 0 Å². The van der Waals surface area contributed by atoms with Crippen LogP contribution in [0.3, 0.4) is 0 Å². The fourth-order valence-electron chi connectivity index (χ4n) is 2.62. The van der Waals surface area contributed by atoms with Crippen molar-refractivity contribution in [1.82, 2.24) is 9.88 Å². The zero-order valence-electron chi connectivity index (χ0n) is 13.6. The first-order chi connectivity index (χ1) is 11.6. The SMILES string of the molecule is I.NC(=NCCc1cc(F)ccc1F)N1CCN(c2nccs2)CC1. The number of aromatic nitrogens is 1. The molecule has 0 unspecified atom stereocenters. The normalized spacial score (nSPS) is 15.2. The lowest BCUT2D eigenvalue weighted by molar-refractivity contribution is 0.380. The predicted molar refractivity (Wildman–Crippen MR) is 108 cm³/mol. The zero-order chi connectivity index (χ0) is 16.9. The highest BCUT2D eigenvalue weighted by molar-refractivity contribution is 14.0. The molecular weight excluding hydrogens is 459 g/mol. The summed E-state index contributed by atoms with van der Waals surface area (Å²) in [5, 5.41) is 2.98. The maximum absolute atomic E-state index is 13.6. The molecule has 136 valence electrons. The van der Waals surface area contributed by atoms with Crippen LogP contribution in [-0.4, -0.2) is 48.6 Å². The average Bonchev–Trinajstić information content (AvgIpc) is 3.12. The molecule has 0 radical (unpaired) electrons. The lowest BCUT2D eigenvalue weighted by Gasteiger charge is -2.35. The number of halogens is 3. The van der Waals surface area contributed by atoms with Gasteiger partial charge < -0.3 is 15.5 Å². The summed E-state index contributed by atoms with van der Waals surface area (Å²) in [5.41, 5.74) is 6.34. The molecule has 2 aromatic rings. The fraction of sp³-hybridized carbons (Fsp3) is 0.375. The predicted octanol–water partition coefficient (Wildman–Crippen LogP) is 2.72. The van der Waals surface area contributed by atoms with Crippen molar-refractivity contribution in [2.24, 2.45) is 10.7 Å². The van der Waals surface area contributed by atoms with E-state index in [4.69, 9.17) is 5.73 Å². The molecule has 5 nitrogen and oxygen atoms in total. The lowest BCUT2D eigenvalue weighted by Crippen LogP contribution is -2.51. The number of anilines is 1. The van der Waals surface area contributed by atoms with Crippen LogP contribution < -0.4 is 10.6 Å². The van der Waals surface area contributed by atoms with Gasteiger partial charge in [-0.25, -0.2) is 13.8 Å². The largest absolute Gasteiger partial charge is 0.370 e. The number of aliphatic imine (C=N–C) groups is 1. The van der Waals surface area contributed by atoms with E-state index in [1.54, 1.807) is 17.5 Å². The Labute approximate surface area is 166 Å². The number of guanidine groups is 1. The number of nitrogens with two attached hydrogens (primary N) is 1. The zero-order valence-corrected chi connectivity index (χ0v) is 16.7. The van der Waals surface area contributed by atoms with E-state index < -0.39 is 11.6 Å². The molecule has 1 aromatic heterocycles. The summed E-state index contributed by atoms with van der Waals surface area (Å²) in [5.74, 6) is -0.408. The summed E-state index contributed by atoms with van der Waals surface area (Å²) in [4.78, 5) is 12.8. The summed E-state index contributed by atoms with van der Waals surface area (Å²) in [6, 6.07) is 3.45. The Morgan fingerprint density at radius 1 is 1.24 bits per heavy atom. The number of benzene rings is 1. The van der Waals surface area contributed by atoms with Gasteiger partial charge in [0, 0.05) is 44.3 Å². The van der Waals surface area contributed by atoms with Gasteiger partial charge in [-0.2, -0.15) is 0 Å². The standard InChI is InChI=1S/C16H19F2N5S.HI/c17-13-1-2-14(18)12(11-13)3-4-20-15(19)22-6-8-23(9-7-22)16-21-5-10-24-16;/h1-2,5,10-11H,3-4,6-9H2,(H2,19,20);1H. The van der Waals surface area contributed by atoms with E-state index in [1.807, 2.05) is 10.3 Å². The highest BCUT2D eigenvalue weighted by Crippen LogP contribution is 2.18. The second kappa shape index (κ2) is 9.27. The third-order valence-corrected chi connectivity index (χ3v) is 4.79. The van der Waals surface area contributed by atoms with Gasteiger partial charge >= 0.3 is 0 Å². The van der Waals surface area contributed by atoms with Crippen molar-refractivity contribution >= 4 is 46.4 Å². The molecule has 1 aliphatic heterocycles. The van der Waals surface area contributed by atoms with Gasteiger partial charge in [-0.05, 0) is 30.2 Å². The maximum atomic E-state index is 13.6. The van der Waals surface area contributed by atoms with Gasteiger partial charge in [0.1, 0.15) is 11.6 Å². The van der Waals surface area contributed by atoms with Gasteiger partial charge in [-0.15, -0.1) is 35.3 Å². The van der Waals surface area contributed by atoms with E-state index in [9.17, 15) is 8.78 Å². The van der Waals surface area contributed by atoms with Crippen molar-refractivity contribution in [2.75, 3.05) is 37.6 Å². The molecule has 0 amide bonds. The van der Waals surface area contributed by atoms with E-state index in [-0.39, 0.29) is 24.0 Å². The first kappa shape index (κ1) is 19.8. The van der Waals surface area contributed by atoms with Gasteiger partial charge in [-0.3, -0.25) is 4.99 Å². The number of nitrogens with zero attached hydrogens (tertiary/aromatic N) is 4. The minimum Gasteiger partial charge on any atom is -0.370 e. The molecule has 2 N–H and O–H groups in total. The molecular formula is C16H20F2IN5S. The van der Waals surface area contributed by atoms with Crippen molar-refractivity contribution in [1.29, 1.82) is 0 Å². The Morgan fingerprint density at radius 3 is 2.68 bits per heavy atom. The number of hydrogen-bond donors (Lipinski definition) is 1.